The van der Waals surface area contributed by atoms with Crippen LogP contribution in [0.4, 0.5) is 0 Å². The van der Waals surface area contributed by atoms with Crippen LogP contribution in [0.3, 0.4) is 0 Å². The molecule has 2 aliphatic rings. The Kier molecular flexibility index (Phi) is 7.66. The number of rotatable bonds is 4. The standard InChI is InChI=1S/C13H19N.C12H18N2/c14-11-13(9-5-2-6-10-13)12-7-3-1-4-8-12;13-10-12(6-8-14-9-7-12)11-4-2-1-3-5-11/h1,3-4,7-8H,2,5-6,9-11,14H2;1-5,14H,6-10,13H2. The van der Waals surface area contributed by atoms with Crippen molar-refractivity contribution in [3.63, 3.8) is 0 Å². The molecule has 152 valence electrons. The monoisotopic (exact) mass is 379 g/mol. The Morgan fingerprint density at radius 2 is 1.04 bits per heavy atom. The fourth-order valence-corrected chi connectivity index (χ4v) is 4.94. The van der Waals surface area contributed by atoms with E-state index in [0.29, 0.717) is 5.41 Å². The van der Waals surface area contributed by atoms with Gasteiger partial charge in [-0.25, -0.2) is 0 Å². The van der Waals surface area contributed by atoms with Gasteiger partial charge in [-0.3, -0.25) is 0 Å². The largest absolute Gasteiger partial charge is 0.330 e. The van der Waals surface area contributed by atoms with E-state index in [4.69, 9.17) is 11.5 Å². The van der Waals surface area contributed by atoms with Crippen LogP contribution in [0.2, 0.25) is 0 Å². The van der Waals surface area contributed by atoms with Gasteiger partial charge in [-0.15, -0.1) is 0 Å². The highest BCUT2D eigenvalue weighted by atomic mass is 14.9. The van der Waals surface area contributed by atoms with Gasteiger partial charge < -0.3 is 16.8 Å². The SMILES string of the molecule is NCC1(c2ccccc2)CCCCC1.NCC1(c2ccccc2)CCNCC1. The quantitative estimate of drug-likeness (QED) is 0.749. The molecule has 0 amide bonds. The van der Waals surface area contributed by atoms with Gasteiger partial charge in [0.15, 0.2) is 0 Å². The molecule has 3 heteroatoms. The summed E-state index contributed by atoms with van der Waals surface area (Å²) in [5.74, 6) is 0. The topological polar surface area (TPSA) is 64.1 Å². The second kappa shape index (κ2) is 10.2. The maximum Gasteiger partial charge on any atom is 0.00996 e. The normalized spacial score (nSPS) is 20.6. The molecule has 2 aromatic carbocycles. The number of piperidine rings is 1. The molecule has 3 nitrogen and oxygen atoms in total. The van der Waals surface area contributed by atoms with Crippen LogP contribution in [-0.4, -0.2) is 26.2 Å². The molecule has 0 aromatic heterocycles. The van der Waals surface area contributed by atoms with E-state index in [0.717, 1.165) is 39.0 Å². The predicted octanol–water partition coefficient (Wildman–Crippen LogP) is 4.11. The van der Waals surface area contributed by atoms with Crippen molar-refractivity contribution in [2.45, 2.75) is 55.8 Å². The number of nitrogens with two attached hydrogens (primary N) is 2. The van der Waals surface area contributed by atoms with Gasteiger partial charge >= 0.3 is 0 Å². The summed E-state index contributed by atoms with van der Waals surface area (Å²) in [5.41, 5.74) is 15.3. The van der Waals surface area contributed by atoms with Gasteiger partial charge in [-0.05, 0) is 49.9 Å². The van der Waals surface area contributed by atoms with Crippen LogP contribution >= 0.6 is 0 Å². The van der Waals surface area contributed by atoms with E-state index in [1.54, 1.807) is 0 Å². The van der Waals surface area contributed by atoms with E-state index in [9.17, 15) is 0 Å². The molecule has 0 atom stereocenters. The number of nitrogens with one attached hydrogen (secondary N) is 1. The minimum atomic E-state index is 0.229. The summed E-state index contributed by atoms with van der Waals surface area (Å²) < 4.78 is 0. The third-order valence-electron chi connectivity index (χ3n) is 6.93. The van der Waals surface area contributed by atoms with E-state index in [2.05, 4.69) is 66.0 Å². The number of hydrogen-bond acceptors (Lipinski definition) is 3. The molecule has 1 heterocycles. The summed E-state index contributed by atoms with van der Waals surface area (Å²) in [6, 6.07) is 21.5. The zero-order valence-electron chi connectivity index (χ0n) is 17.2. The predicted molar refractivity (Wildman–Crippen MR) is 120 cm³/mol. The van der Waals surface area contributed by atoms with Crippen molar-refractivity contribution in [2.24, 2.45) is 11.5 Å². The van der Waals surface area contributed by atoms with Gasteiger partial charge in [-0.1, -0.05) is 79.9 Å². The third kappa shape index (κ3) is 4.83. The molecule has 4 rings (SSSR count). The minimum Gasteiger partial charge on any atom is -0.330 e. The molecule has 0 unspecified atom stereocenters. The Morgan fingerprint density at radius 3 is 1.46 bits per heavy atom. The minimum absolute atomic E-state index is 0.229. The average molecular weight is 380 g/mol. The molecular weight excluding hydrogens is 342 g/mol. The van der Waals surface area contributed by atoms with Crippen LogP contribution in [0.1, 0.15) is 56.1 Å². The van der Waals surface area contributed by atoms with Crippen molar-refractivity contribution < 1.29 is 0 Å². The second-order valence-electron chi connectivity index (χ2n) is 8.51. The fraction of sp³-hybridized carbons (Fsp3) is 0.520. The highest BCUT2D eigenvalue weighted by molar-refractivity contribution is 5.27. The summed E-state index contributed by atoms with van der Waals surface area (Å²) in [5, 5.41) is 3.39. The van der Waals surface area contributed by atoms with Crippen molar-refractivity contribution in [3.05, 3.63) is 71.8 Å². The van der Waals surface area contributed by atoms with Gasteiger partial charge in [0, 0.05) is 23.9 Å². The fourth-order valence-electron chi connectivity index (χ4n) is 4.94. The van der Waals surface area contributed by atoms with Crippen molar-refractivity contribution >= 4 is 0 Å². The number of benzene rings is 2. The van der Waals surface area contributed by atoms with E-state index < -0.39 is 0 Å². The van der Waals surface area contributed by atoms with Gasteiger partial charge in [0.05, 0.1) is 0 Å². The summed E-state index contributed by atoms with van der Waals surface area (Å²) in [6.45, 7) is 3.74. The molecule has 0 spiro atoms. The summed E-state index contributed by atoms with van der Waals surface area (Å²) in [7, 11) is 0. The number of hydrogen-bond donors (Lipinski definition) is 3. The van der Waals surface area contributed by atoms with E-state index in [1.165, 1.54) is 43.2 Å². The van der Waals surface area contributed by atoms with Gasteiger partial charge in [0.1, 0.15) is 0 Å². The zero-order chi connectivity index (χ0) is 19.7. The van der Waals surface area contributed by atoms with Gasteiger partial charge in [-0.2, -0.15) is 0 Å². The summed E-state index contributed by atoms with van der Waals surface area (Å²) in [6.07, 6.45) is 8.93. The van der Waals surface area contributed by atoms with Crippen LogP contribution in [0.25, 0.3) is 0 Å². The van der Waals surface area contributed by atoms with Gasteiger partial charge in [0.2, 0.25) is 0 Å². The van der Waals surface area contributed by atoms with Crippen LogP contribution in [0.5, 0.6) is 0 Å². The molecule has 0 bridgehead atoms. The van der Waals surface area contributed by atoms with Crippen LogP contribution in [-0.2, 0) is 10.8 Å². The molecule has 5 N–H and O–H groups in total. The zero-order valence-corrected chi connectivity index (χ0v) is 17.2. The third-order valence-corrected chi connectivity index (χ3v) is 6.93. The Balaban J connectivity index is 0.000000161. The molecule has 0 radical (unpaired) electrons. The van der Waals surface area contributed by atoms with Crippen LogP contribution in [0.15, 0.2) is 60.7 Å². The summed E-state index contributed by atoms with van der Waals surface area (Å²) >= 11 is 0. The molecule has 28 heavy (non-hydrogen) atoms. The highest BCUT2D eigenvalue weighted by Crippen LogP contribution is 2.38. The lowest BCUT2D eigenvalue weighted by molar-refractivity contribution is 0.301. The maximum atomic E-state index is 5.97. The van der Waals surface area contributed by atoms with E-state index >= 15 is 0 Å². The first-order valence-electron chi connectivity index (χ1n) is 11.0. The van der Waals surface area contributed by atoms with Crippen molar-refractivity contribution in [2.75, 3.05) is 26.2 Å². The maximum absolute atomic E-state index is 5.97. The van der Waals surface area contributed by atoms with Crippen LogP contribution in [0, 0.1) is 0 Å². The molecule has 1 aliphatic heterocycles. The van der Waals surface area contributed by atoms with Crippen molar-refractivity contribution in [1.29, 1.82) is 0 Å². The molecule has 1 saturated heterocycles. The highest BCUT2D eigenvalue weighted by Gasteiger charge is 2.32. The van der Waals surface area contributed by atoms with Crippen molar-refractivity contribution in [3.8, 4) is 0 Å². The lowest BCUT2D eigenvalue weighted by atomic mass is 9.69. The Hall–Kier alpha value is -1.68. The lowest BCUT2D eigenvalue weighted by Gasteiger charge is -2.37. The Bertz CT molecular complexity index is 610. The molecule has 2 aromatic rings. The van der Waals surface area contributed by atoms with Crippen LogP contribution < -0.4 is 16.8 Å². The molecular formula is C25H37N3. The van der Waals surface area contributed by atoms with E-state index in [-0.39, 0.29) is 5.41 Å². The lowest BCUT2D eigenvalue weighted by Crippen LogP contribution is -2.44. The summed E-state index contributed by atoms with van der Waals surface area (Å²) in [4.78, 5) is 0. The second-order valence-corrected chi connectivity index (χ2v) is 8.51. The Morgan fingerprint density at radius 1 is 0.607 bits per heavy atom. The van der Waals surface area contributed by atoms with Gasteiger partial charge in [0.25, 0.3) is 0 Å². The Labute approximate surface area is 170 Å². The molecule has 2 fully saturated rings. The molecule has 1 saturated carbocycles. The van der Waals surface area contributed by atoms with Crippen molar-refractivity contribution in [1.82, 2.24) is 5.32 Å². The average Bonchev–Trinajstić information content (AvgIpc) is 2.81. The van der Waals surface area contributed by atoms with E-state index in [1.807, 2.05) is 0 Å². The first kappa shape index (κ1) is 21.0. The smallest absolute Gasteiger partial charge is 0.00996 e. The first-order valence-corrected chi connectivity index (χ1v) is 11.0. The molecule has 1 aliphatic carbocycles. The first-order chi connectivity index (χ1) is 13.7.